The van der Waals surface area contributed by atoms with E-state index >= 15 is 0 Å². The fourth-order valence-electron chi connectivity index (χ4n) is 8.52. The van der Waals surface area contributed by atoms with Crippen LogP contribution in [0.25, 0.3) is 22.9 Å². The minimum absolute atomic E-state index is 0.00622. The predicted molar refractivity (Wildman–Crippen MR) is 187 cm³/mol. The van der Waals surface area contributed by atoms with Crippen LogP contribution in [0.15, 0.2) is 91.0 Å². The molecule has 0 saturated heterocycles. The zero-order chi connectivity index (χ0) is 31.1. The molecule has 1 aliphatic heterocycles. The van der Waals surface area contributed by atoms with Crippen LogP contribution in [0.4, 0.5) is 0 Å². The summed E-state index contributed by atoms with van der Waals surface area (Å²) < 4.78 is 20.5. The van der Waals surface area contributed by atoms with Crippen molar-refractivity contribution in [3.05, 3.63) is 136 Å². The molecule has 1 spiro atoms. The maximum Gasteiger partial charge on any atom is 0.530 e. The summed E-state index contributed by atoms with van der Waals surface area (Å²) in [6.45, 7) is 13.9. The molecule has 3 aliphatic rings. The second-order valence-corrected chi connectivity index (χ2v) is 15.5. The highest BCUT2D eigenvalue weighted by Gasteiger charge is 2.60. The van der Waals surface area contributed by atoms with Crippen molar-refractivity contribution in [3.8, 4) is 17.2 Å². The van der Waals surface area contributed by atoms with Gasteiger partial charge in [-0.3, -0.25) is 0 Å². The Bertz CT molecular complexity index is 1950. The maximum atomic E-state index is 6.89. The van der Waals surface area contributed by atoms with Crippen molar-refractivity contribution in [2.45, 2.75) is 70.6 Å². The van der Waals surface area contributed by atoms with E-state index < -0.39 is 8.60 Å². The highest BCUT2D eigenvalue weighted by molar-refractivity contribution is 7.43. The van der Waals surface area contributed by atoms with Gasteiger partial charge in [-0.15, -0.1) is 0 Å². The van der Waals surface area contributed by atoms with Gasteiger partial charge < -0.3 is 13.6 Å². The van der Waals surface area contributed by atoms with Gasteiger partial charge >= 0.3 is 8.60 Å². The third kappa shape index (κ3) is 4.50. The molecule has 226 valence electrons. The van der Waals surface area contributed by atoms with Crippen LogP contribution in [0.1, 0.15) is 85.0 Å². The van der Waals surface area contributed by atoms with Gasteiger partial charge in [0.05, 0.1) is 0 Å². The van der Waals surface area contributed by atoms with Gasteiger partial charge in [0.2, 0.25) is 0 Å². The molecule has 8 rings (SSSR count). The van der Waals surface area contributed by atoms with Crippen LogP contribution in [-0.2, 0) is 16.2 Å². The zero-order valence-corrected chi connectivity index (χ0v) is 27.8. The first-order chi connectivity index (χ1) is 21.5. The fraction of sp³-hybridized carbons (Fsp3) is 0.268. The minimum Gasteiger partial charge on any atom is -0.408 e. The van der Waals surface area contributed by atoms with Crippen LogP contribution in [0.3, 0.4) is 0 Å². The van der Waals surface area contributed by atoms with Crippen molar-refractivity contribution in [1.82, 2.24) is 0 Å². The summed E-state index contributed by atoms with van der Waals surface area (Å²) in [7, 11) is -1.81. The maximum absolute atomic E-state index is 6.89. The van der Waals surface area contributed by atoms with E-state index in [0.717, 1.165) is 35.7 Å². The van der Waals surface area contributed by atoms with Crippen LogP contribution in [0.5, 0.6) is 17.2 Å². The second-order valence-electron chi connectivity index (χ2n) is 14.5. The smallest absolute Gasteiger partial charge is 0.408 e. The normalized spacial score (nSPS) is 18.5. The summed E-state index contributed by atoms with van der Waals surface area (Å²) >= 11 is 0. The van der Waals surface area contributed by atoms with Gasteiger partial charge in [-0.1, -0.05) is 113 Å². The number of hydrogen-bond donors (Lipinski definition) is 0. The number of aryl methyl sites for hydroxylation is 2. The molecule has 4 heteroatoms. The van der Waals surface area contributed by atoms with E-state index in [4.69, 9.17) is 13.6 Å². The minimum atomic E-state index is -1.81. The van der Waals surface area contributed by atoms with Gasteiger partial charge in [-0.25, -0.2) is 0 Å². The molecule has 0 aromatic heterocycles. The molecule has 2 aliphatic carbocycles. The average Bonchev–Trinajstić information content (AvgIpc) is 3.34. The standard InChI is InChI=1S/C41H39O3P/c1-26-20-32-37-35(22-26)43-45(44-36-23-27(2)21-33-38(36)41(37,24-39(32,3)4)25-40(33,5)6)42-34-17-10-8-13-30(34)19-18-29-15-11-14-28-12-7-9-16-31(28)29/h7-23H,24-25H2,1-6H3/b19-18+. The topological polar surface area (TPSA) is 27.7 Å². The Morgan fingerprint density at radius 2 is 1.18 bits per heavy atom. The summed E-state index contributed by atoms with van der Waals surface area (Å²) in [5.41, 5.74) is 9.84. The molecule has 0 atom stereocenters. The van der Waals surface area contributed by atoms with Crippen molar-refractivity contribution < 1.29 is 13.6 Å². The third-order valence-electron chi connectivity index (χ3n) is 10.1. The Morgan fingerprint density at radius 1 is 0.644 bits per heavy atom. The number of fused-ring (bicyclic) bond motifs is 1. The third-order valence-corrected chi connectivity index (χ3v) is 11.1. The molecule has 45 heavy (non-hydrogen) atoms. The van der Waals surface area contributed by atoms with Crippen LogP contribution < -0.4 is 13.6 Å². The van der Waals surface area contributed by atoms with Crippen molar-refractivity contribution in [1.29, 1.82) is 0 Å². The lowest BCUT2D eigenvalue weighted by atomic mass is 9.72. The molecule has 0 radical (unpaired) electrons. The monoisotopic (exact) mass is 610 g/mol. The molecular formula is C41H39O3P. The Hall–Kier alpha value is -4.07. The summed E-state index contributed by atoms with van der Waals surface area (Å²) in [5, 5.41) is 2.45. The first-order valence-corrected chi connectivity index (χ1v) is 17.0. The fourth-order valence-corrected chi connectivity index (χ4v) is 9.57. The molecule has 0 bridgehead atoms. The van der Waals surface area contributed by atoms with Crippen molar-refractivity contribution in [2.24, 2.45) is 0 Å². The summed E-state index contributed by atoms with van der Waals surface area (Å²) in [6, 6.07) is 32.2. The SMILES string of the molecule is Cc1cc2c3c(c1)C(C)(C)CC31CC(C)(C)c3cc(C)cc(c31)OP(Oc1ccccc1/C=C/c1cccc3ccccc13)O2. The summed E-state index contributed by atoms with van der Waals surface area (Å²) in [5.74, 6) is 2.54. The number of hydrogen-bond acceptors (Lipinski definition) is 3. The molecule has 5 aromatic rings. The molecule has 1 heterocycles. The zero-order valence-electron chi connectivity index (χ0n) is 26.9. The molecule has 0 N–H and O–H groups in total. The molecule has 0 unspecified atom stereocenters. The molecule has 0 amide bonds. The van der Waals surface area contributed by atoms with Gasteiger partial charge in [0.15, 0.2) is 0 Å². The van der Waals surface area contributed by atoms with Crippen molar-refractivity contribution in [2.75, 3.05) is 0 Å². The van der Waals surface area contributed by atoms with E-state index in [1.165, 1.54) is 49.7 Å². The highest BCUT2D eigenvalue weighted by atomic mass is 31.2. The number of benzene rings is 5. The average molecular weight is 611 g/mol. The molecule has 0 saturated carbocycles. The molecular weight excluding hydrogens is 571 g/mol. The van der Waals surface area contributed by atoms with E-state index in [2.05, 4.69) is 126 Å². The Balaban J connectivity index is 1.24. The van der Waals surface area contributed by atoms with Gasteiger partial charge in [0.1, 0.15) is 17.2 Å². The van der Waals surface area contributed by atoms with E-state index in [-0.39, 0.29) is 16.2 Å². The number of para-hydroxylation sites is 1. The van der Waals surface area contributed by atoms with E-state index in [9.17, 15) is 0 Å². The van der Waals surface area contributed by atoms with Crippen LogP contribution in [-0.4, -0.2) is 0 Å². The first-order valence-electron chi connectivity index (χ1n) is 15.9. The highest BCUT2D eigenvalue weighted by Crippen LogP contribution is 2.68. The largest absolute Gasteiger partial charge is 0.530 e. The Morgan fingerprint density at radius 3 is 1.84 bits per heavy atom. The summed E-state index contributed by atoms with van der Waals surface area (Å²) in [4.78, 5) is 0. The Kier molecular flexibility index (Phi) is 6.29. The van der Waals surface area contributed by atoms with Gasteiger partial charge in [-0.05, 0) is 94.3 Å². The molecule has 3 nitrogen and oxygen atoms in total. The lowest BCUT2D eigenvalue weighted by Gasteiger charge is -2.34. The second kappa shape index (κ2) is 9.96. The van der Waals surface area contributed by atoms with Crippen LogP contribution in [0.2, 0.25) is 0 Å². The first kappa shape index (κ1) is 28.4. The van der Waals surface area contributed by atoms with E-state index in [0.29, 0.717) is 0 Å². The van der Waals surface area contributed by atoms with Gasteiger partial charge in [-0.2, -0.15) is 0 Å². The van der Waals surface area contributed by atoms with Crippen LogP contribution >= 0.6 is 8.60 Å². The van der Waals surface area contributed by atoms with Gasteiger partial charge in [0, 0.05) is 22.1 Å². The quantitative estimate of drug-likeness (QED) is 0.150. The molecule has 5 aromatic carbocycles. The van der Waals surface area contributed by atoms with Crippen molar-refractivity contribution >= 4 is 31.5 Å². The van der Waals surface area contributed by atoms with E-state index in [1.54, 1.807) is 0 Å². The lowest BCUT2D eigenvalue weighted by molar-refractivity contribution is 0.327. The molecule has 0 fully saturated rings. The van der Waals surface area contributed by atoms with Gasteiger partial charge in [0.25, 0.3) is 0 Å². The lowest BCUT2D eigenvalue weighted by Crippen LogP contribution is -2.28. The number of rotatable bonds is 4. The van der Waals surface area contributed by atoms with Crippen molar-refractivity contribution in [3.63, 3.8) is 0 Å². The summed E-state index contributed by atoms with van der Waals surface area (Å²) in [6.07, 6.45) is 6.36. The predicted octanol–water partition coefficient (Wildman–Crippen LogP) is 11.4. The Labute approximate surface area is 267 Å². The van der Waals surface area contributed by atoms with Crippen LogP contribution in [0, 0.1) is 13.8 Å². The van der Waals surface area contributed by atoms with E-state index in [1.807, 2.05) is 18.2 Å².